The van der Waals surface area contributed by atoms with Gasteiger partial charge in [0.1, 0.15) is 19.3 Å². The molecule has 0 saturated heterocycles. The second-order valence-electron chi connectivity index (χ2n) is 5.81. The summed E-state index contributed by atoms with van der Waals surface area (Å²) in [5.74, 6) is -2.90. The highest BCUT2D eigenvalue weighted by Gasteiger charge is 2.15. The highest BCUT2D eigenvalue weighted by molar-refractivity contribution is 5.95. The van der Waals surface area contributed by atoms with Crippen molar-refractivity contribution in [1.82, 2.24) is 0 Å². The number of aliphatic hydroxyl groups is 1. The lowest BCUT2D eigenvalue weighted by atomic mass is 10.1. The Balaban J connectivity index is 2.46. The van der Waals surface area contributed by atoms with Crippen LogP contribution in [0.2, 0.25) is 0 Å². The molecule has 0 aliphatic carbocycles. The van der Waals surface area contributed by atoms with Gasteiger partial charge in [0.2, 0.25) is 0 Å². The molecular formula is C20H24O9. The van der Waals surface area contributed by atoms with Gasteiger partial charge in [-0.25, -0.2) is 19.2 Å². The Morgan fingerprint density at radius 1 is 0.966 bits per heavy atom. The summed E-state index contributed by atoms with van der Waals surface area (Å²) >= 11 is 0. The van der Waals surface area contributed by atoms with Crippen LogP contribution in [-0.2, 0) is 28.5 Å². The molecule has 9 heteroatoms. The molecule has 158 valence electrons. The van der Waals surface area contributed by atoms with Gasteiger partial charge in [-0.15, -0.1) is 0 Å². The van der Waals surface area contributed by atoms with Crippen LogP contribution in [0.1, 0.15) is 40.5 Å². The molecule has 0 amide bonds. The minimum Gasteiger partial charge on any atom is -0.466 e. The smallest absolute Gasteiger partial charge is 0.338 e. The van der Waals surface area contributed by atoms with Gasteiger partial charge in [-0.2, -0.15) is 0 Å². The molecule has 0 saturated carbocycles. The van der Waals surface area contributed by atoms with Crippen molar-refractivity contribution in [3.05, 3.63) is 47.5 Å². The Bertz CT molecular complexity index is 739. The zero-order valence-corrected chi connectivity index (χ0v) is 16.3. The van der Waals surface area contributed by atoms with Gasteiger partial charge >= 0.3 is 23.9 Å². The van der Waals surface area contributed by atoms with Crippen LogP contribution in [0.5, 0.6) is 0 Å². The first-order valence-corrected chi connectivity index (χ1v) is 8.92. The fourth-order valence-electron chi connectivity index (χ4n) is 1.90. The van der Waals surface area contributed by atoms with Gasteiger partial charge in [-0.3, -0.25) is 0 Å². The zero-order chi connectivity index (χ0) is 21.6. The number of carbonyl (C=O) groups excluding carboxylic acids is 4. The van der Waals surface area contributed by atoms with E-state index in [4.69, 9.17) is 14.2 Å². The Morgan fingerprint density at radius 2 is 1.55 bits per heavy atom. The second-order valence-corrected chi connectivity index (χ2v) is 5.81. The van der Waals surface area contributed by atoms with E-state index in [9.17, 15) is 24.3 Å². The zero-order valence-electron chi connectivity index (χ0n) is 16.3. The lowest BCUT2D eigenvalue weighted by Crippen LogP contribution is -2.25. The molecule has 1 aromatic carbocycles. The Kier molecular flexibility index (Phi) is 10.7. The molecule has 9 nitrogen and oxygen atoms in total. The highest BCUT2D eigenvalue weighted by Crippen LogP contribution is 2.09. The summed E-state index contributed by atoms with van der Waals surface area (Å²) < 4.78 is 19.0. The van der Waals surface area contributed by atoms with Crippen LogP contribution in [0.4, 0.5) is 0 Å². The third kappa shape index (κ3) is 9.52. The van der Waals surface area contributed by atoms with Crippen molar-refractivity contribution >= 4 is 23.9 Å². The Morgan fingerprint density at radius 3 is 2.17 bits per heavy atom. The Labute approximate surface area is 168 Å². The van der Waals surface area contributed by atoms with Crippen LogP contribution < -0.4 is 0 Å². The molecule has 1 rings (SSSR count). The highest BCUT2D eigenvalue weighted by atomic mass is 16.6. The van der Waals surface area contributed by atoms with E-state index in [2.05, 4.69) is 4.74 Å². The maximum Gasteiger partial charge on any atom is 0.338 e. The molecule has 0 aromatic heterocycles. The van der Waals surface area contributed by atoms with Gasteiger partial charge in [-0.05, 0) is 24.6 Å². The van der Waals surface area contributed by atoms with Crippen LogP contribution in [-0.4, -0.2) is 62.0 Å². The van der Waals surface area contributed by atoms with Gasteiger partial charge in [0.05, 0.1) is 24.8 Å². The number of ether oxygens (including phenoxy) is 4. The van der Waals surface area contributed by atoms with E-state index in [0.29, 0.717) is 6.61 Å². The van der Waals surface area contributed by atoms with Crippen LogP contribution in [0.15, 0.2) is 36.4 Å². The van der Waals surface area contributed by atoms with E-state index in [1.807, 2.05) is 6.92 Å². The molecule has 1 unspecified atom stereocenters. The molecule has 0 heterocycles. The first kappa shape index (κ1) is 23.8. The molecule has 1 atom stereocenters. The predicted octanol–water partition coefficient (Wildman–Crippen LogP) is 1.43. The van der Waals surface area contributed by atoms with Crippen molar-refractivity contribution in [3.8, 4) is 0 Å². The monoisotopic (exact) mass is 408 g/mol. The fourth-order valence-corrected chi connectivity index (χ4v) is 1.90. The number of carbonyl (C=O) groups is 4. The van der Waals surface area contributed by atoms with Crippen LogP contribution in [0.3, 0.4) is 0 Å². The summed E-state index contributed by atoms with van der Waals surface area (Å²) in [6.45, 7) is 1.39. The molecule has 0 spiro atoms. The summed E-state index contributed by atoms with van der Waals surface area (Å²) in [5.41, 5.74) is 0.322. The number of hydrogen-bond acceptors (Lipinski definition) is 9. The molecule has 0 bridgehead atoms. The minimum absolute atomic E-state index is 0.111. The van der Waals surface area contributed by atoms with Crippen LogP contribution in [0.25, 0.3) is 0 Å². The van der Waals surface area contributed by atoms with E-state index in [-0.39, 0.29) is 11.1 Å². The normalized spacial score (nSPS) is 11.6. The van der Waals surface area contributed by atoms with Gasteiger partial charge < -0.3 is 24.1 Å². The van der Waals surface area contributed by atoms with Crippen LogP contribution in [0, 0.1) is 0 Å². The van der Waals surface area contributed by atoms with Crippen molar-refractivity contribution < 1.29 is 43.2 Å². The maximum absolute atomic E-state index is 12.1. The van der Waals surface area contributed by atoms with Crippen molar-refractivity contribution in [3.63, 3.8) is 0 Å². The summed E-state index contributed by atoms with van der Waals surface area (Å²) in [4.78, 5) is 46.2. The molecule has 1 N–H and O–H groups in total. The number of unbranched alkanes of at least 4 members (excludes halogenated alkanes) is 1. The van der Waals surface area contributed by atoms with Crippen LogP contribution >= 0.6 is 0 Å². The van der Waals surface area contributed by atoms with Gasteiger partial charge in [0.15, 0.2) is 0 Å². The molecule has 0 radical (unpaired) electrons. The van der Waals surface area contributed by atoms with Gasteiger partial charge in [0.25, 0.3) is 0 Å². The largest absolute Gasteiger partial charge is 0.466 e. The SMILES string of the molecule is CCCCOC(=O)c1cccc(C(=O)OCC(O)COC(=O)C=CC(=O)OC)c1. The third-order valence-corrected chi connectivity index (χ3v) is 3.45. The molecule has 1 aromatic rings. The Hall–Kier alpha value is -3.20. The average molecular weight is 408 g/mol. The van der Waals surface area contributed by atoms with Gasteiger partial charge in [0, 0.05) is 12.2 Å². The van der Waals surface area contributed by atoms with E-state index < -0.39 is 43.2 Å². The summed E-state index contributed by atoms with van der Waals surface area (Å²) in [5, 5.41) is 9.74. The molecule has 29 heavy (non-hydrogen) atoms. The maximum atomic E-state index is 12.1. The summed E-state index contributed by atoms with van der Waals surface area (Å²) in [7, 11) is 1.15. The number of benzene rings is 1. The standard InChI is InChI=1S/C20H24O9/c1-3-4-10-27-19(24)14-6-5-7-15(11-14)20(25)29-13-16(21)12-28-18(23)9-8-17(22)26-2/h5-9,11,16,21H,3-4,10,12-13H2,1-2H3. The molecule has 0 aliphatic heterocycles. The minimum atomic E-state index is -1.27. The van der Waals surface area contributed by atoms with E-state index >= 15 is 0 Å². The molecule has 0 aliphatic rings. The third-order valence-electron chi connectivity index (χ3n) is 3.45. The average Bonchev–Trinajstić information content (AvgIpc) is 2.74. The summed E-state index contributed by atoms with van der Waals surface area (Å²) in [6.07, 6.45) is 2.08. The van der Waals surface area contributed by atoms with E-state index in [0.717, 1.165) is 32.1 Å². The number of esters is 4. The quantitative estimate of drug-likeness (QED) is 0.250. The van der Waals surface area contributed by atoms with Crippen molar-refractivity contribution in [1.29, 1.82) is 0 Å². The first-order chi connectivity index (χ1) is 13.9. The van der Waals surface area contributed by atoms with Crippen molar-refractivity contribution in [2.45, 2.75) is 25.9 Å². The predicted molar refractivity (Wildman–Crippen MR) is 100 cm³/mol. The molecular weight excluding hydrogens is 384 g/mol. The lowest BCUT2D eigenvalue weighted by molar-refractivity contribution is -0.142. The molecule has 0 fully saturated rings. The number of aliphatic hydroxyl groups excluding tert-OH is 1. The lowest BCUT2D eigenvalue weighted by Gasteiger charge is -2.11. The van der Waals surface area contributed by atoms with Crippen molar-refractivity contribution in [2.24, 2.45) is 0 Å². The fraction of sp³-hybridized carbons (Fsp3) is 0.400. The van der Waals surface area contributed by atoms with Gasteiger partial charge in [-0.1, -0.05) is 19.4 Å². The second kappa shape index (κ2) is 13.1. The van der Waals surface area contributed by atoms with E-state index in [1.165, 1.54) is 24.3 Å². The topological polar surface area (TPSA) is 125 Å². The van der Waals surface area contributed by atoms with E-state index in [1.54, 1.807) is 0 Å². The number of methoxy groups -OCH3 is 1. The first-order valence-electron chi connectivity index (χ1n) is 8.92. The van der Waals surface area contributed by atoms with Crippen molar-refractivity contribution in [2.75, 3.05) is 26.9 Å². The number of hydrogen-bond donors (Lipinski definition) is 1. The number of rotatable bonds is 11. The summed E-state index contributed by atoms with van der Waals surface area (Å²) in [6, 6.07) is 5.82.